The molecule has 0 aromatic carbocycles. The molecule has 3 aliphatic rings. The average Bonchev–Trinajstić information content (AvgIpc) is 3.99. The van der Waals surface area contributed by atoms with E-state index in [4.69, 9.17) is 24.0 Å². The molecule has 3 heterocycles. The van der Waals surface area contributed by atoms with E-state index in [2.05, 4.69) is 34.3 Å². The number of rotatable bonds is 10. The van der Waals surface area contributed by atoms with E-state index in [0.29, 0.717) is 55.9 Å². The predicted octanol–water partition coefficient (Wildman–Crippen LogP) is 7.35. The van der Waals surface area contributed by atoms with Crippen LogP contribution in [0.1, 0.15) is 99.0 Å². The van der Waals surface area contributed by atoms with Crippen LogP contribution in [0.25, 0.3) is 12.2 Å². The molecule has 5 N–H and O–H groups in total. The van der Waals surface area contributed by atoms with Crippen molar-refractivity contribution in [3.05, 3.63) is 121 Å². The minimum Gasteiger partial charge on any atom is -0.457 e. The fourth-order valence-corrected chi connectivity index (χ4v) is 6.60. The molecule has 2 aromatic rings. The van der Waals surface area contributed by atoms with Crippen LogP contribution in [0, 0.1) is 34.5 Å². The number of oxazole rings is 2. The Morgan fingerprint density at radius 1 is 0.707 bits per heavy atom. The number of nitrogens with zero attached hydrogens (tertiary/aromatic N) is 2. The first-order valence-electron chi connectivity index (χ1n) is 20.2. The van der Waals surface area contributed by atoms with Crippen LogP contribution >= 0.6 is 0 Å². The van der Waals surface area contributed by atoms with Gasteiger partial charge in [-0.1, -0.05) is 113 Å². The second-order valence-electron chi connectivity index (χ2n) is 16.4. The number of nitrogens with two attached hydrogens (primary N) is 1. The summed E-state index contributed by atoms with van der Waals surface area (Å²) in [6.07, 6.45) is 33.0. The number of fused-ring (bicyclic) bond motifs is 6. The smallest absolute Gasteiger partial charge is 0.360 e. The van der Waals surface area contributed by atoms with Crippen molar-refractivity contribution in [2.45, 2.75) is 90.6 Å². The van der Waals surface area contributed by atoms with Gasteiger partial charge in [0.05, 0.1) is 12.2 Å². The molecule has 5 rings (SSSR count). The Kier molecular flexibility index (Phi) is 15.8. The summed E-state index contributed by atoms with van der Waals surface area (Å²) in [5.74, 6) is 0.454. The first-order valence-corrected chi connectivity index (χ1v) is 20.2. The van der Waals surface area contributed by atoms with E-state index >= 15 is 0 Å². The molecule has 12 nitrogen and oxygen atoms in total. The third kappa shape index (κ3) is 12.6. The molecule has 0 amide bonds. The van der Waals surface area contributed by atoms with Crippen molar-refractivity contribution in [2.75, 3.05) is 13.2 Å². The van der Waals surface area contributed by atoms with Crippen LogP contribution in [-0.4, -0.2) is 74.8 Å². The maximum atomic E-state index is 13.4. The van der Waals surface area contributed by atoms with E-state index < -0.39 is 47.2 Å². The number of carbonyl (C=O) groups is 2. The highest BCUT2D eigenvalue weighted by Gasteiger charge is 2.40. The summed E-state index contributed by atoms with van der Waals surface area (Å²) < 4.78 is 23.1. The van der Waals surface area contributed by atoms with Crippen LogP contribution in [-0.2, 0) is 9.47 Å². The fraction of sp³-hybridized carbons (Fsp3) is 0.478. The summed E-state index contributed by atoms with van der Waals surface area (Å²) in [6.45, 7) is 7.84. The first-order chi connectivity index (χ1) is 27.8. The third-order valence-corrected chi connectivity index (χ3v) is 11.1. The second-order valence-corrected chi connectivity index (χ2v) is 16.4. The third-order valence-electron chi connectivity index (χ3n) is 11.1. The van der Waals surface area contributed by atoms with Gasteiger partial charge in [-0.15, -0.1) is 0 Å². The zero-order valence-electron chi connectivity index (χ0n) is 33.9. The predicted molar refractivity (Wildman–Crippen MR) is 222 cm³/mol. The van der Waals surface area contributed by atoms with Gasteiger partial charge in [-0.3, -0.25) is 0 Å². The number of ether oxygens (including phenoxy) is 2. The van der Waals surface area contributed by atoms with Gasteiger partial charge < -0.3 is 39.4 Å². The van der Waals surface area contributed by atoms with Crippen LogP contribution < -0.4 is 5.73 Å². The van der Waals surface area contributed by atoms with E-state index in [9.17, 15) is 24.9 Å². The minimum absolute atomic E-state index is 0.0264. The average molecular weight is 798 g/mol. The van der Waals surface area contributed by atoms with Crippen LogP contribution in [0.2, 0.25) is 0 Å². The Morgan fingerprint density at radius 3 is 1.57 bits per heavy atom. The fourth-order valence-electron chi connectivity index (χ4n) is 6.60. The lowest BCUT2D eigenvalue weighted by Gasteiger charge is -2.36. The molecule has 0 spiro atoms. The molecule has 2 fully saturated rings. The number of hydrogen-bond donors (Lipinski definition) is 4. The van der Waals surface area contributed by atoms with E-state index in [1.807, 2.05) is 58.1 Å². The molecule has 8 atom stereocenters. The molecule has 1 unspecified atom stereocenters. The molecule has 1 aliphatic heterocycles. The van der Waals surface area contributed by atoms with Crippen molar-refractivity contribution < 1.29 is 43.2 Å². The Hall–Kier alpha value is -4.88. The van der Waals surface area contributed by atoms with Gasteiger partial charge >= 0.3 is 11.9 Å². The number of aliphatic hydroxyl groups is 3. The lowest BCUT2D eigenvalue weighted by Crippen LogP contribution is -2.42. The summed E-state index contributed by atoms with van der Waals surface area (Å²) in [5, 5.41) is 31.4. The highest BCUT2D eigenvalue weighted by Crippen LogP contribution is 2.42. The molecule has 2 aromatic heterocycles. The highest BCUT2D eigenvalue weighted by atomic mass is 16.6. The number of allylic oxidation sites excluding steroid dienone is 8. The van der Waals surface area contributed by atoms with Gasteiger partial charge in [-0.05, 0) is 55.9 Å². The van der Waals surface area contributed by atoms with E-state index in [0.717, 1.165) is 12.8 Å². The zero-order chi connectivity index (χ0) is 41.7. The summed E-state index contributed by atoms with van der Waals surface area (Å²) >= 11 is 0. The number of esters is 2. The van der Waals surface area contributed by atoms with Gasteiger partial charge in [0, 0.05) is 42.4 Å². The Labute approximate surface area is 341 Å². The monoisotopic (exact) mass is 797 g/mol. The number of carbonyl (C=O) groups excluding carboxylic acids is 2. The van der Waals surface area contributed by atoms with Crippen molar-refractivity contribution in [3.8, 4) is 0 Å². The molecular weight excluding hydrogens is 739 g/mol. The van der Waals surface area contributed by atoms with Crippen LogP contribution in [0.3, 0.4) is 0 Å². The van der Waals surface area contributed by atoms with Crippen LogP contribution in [0.15, 0.2) is 106 Å². The van der Waals surface area contributed by atoms with Crippen molar-refractivity contribution >= 4 is 24.1 Å². The summed E-state index contributed by atoms with van der Waals surface area (Å²) in [4.78, 5) is 35.4. The van der Waals surface area contributed by atoms with E-state index in [1.54, 1.807) is 42.5 Å². The number of aliphatic hydroxyl groups excluding tert-OH is 3. The van der Waals surface area contributed by atoms with Gasteiger partial charge in [0.1, 0.15) is 24.7 Å². The minimum atomic E-state index is -0.941. The first kappa shape index (κ1) is 44.2. The van der Waals surface area contributed by atoms with Crippen molar-refractivity contribution in [2.24, 2.45) is 40.2 Å². The summed E-state index contributed by atoms with van der Waals surface area (Å²) in [7, 11) is 0. The van der Waals surface area contributed by atoms with E-state index in [1.165, 1.54) is 12.5 Å². The molecule has 312 valence electrons. The number of aromatic nitrogens is 2. The van der Waals surface area contributed by atoms with Gasteiger partial charge in [0.15, 0.2) is 11.4 Å². The molecule has 58 heavy (non-hydrogen) atoms. The van der Waals surface area contributed by atoms with Gasteiger partial charge in [-0.25, -0.2) is 19.6 Å². The topological polar surface area (TPSA) is 191 Å². The largest absolute Gasteiger partial charge is 0.457 e. The molecule has 2 aliphatic carbocycles. The number of hydrogen-bond acceptors (Lipinski definition) is 12. The summed E-state index contributed by atoms with van der Waals surface area (Å²) in [6, 6.07) is 0. The zero-order valence-corrected chi connectivity index (χ0v) is 33.9. The molecule has 2 saturated carbocycles. The molecule has 4 bridgehead atoms. The molecule has 12 heteroatoms. The van der Waals surface area contributed by atoms with E-state index in [-0.39, 0.29) is 29.8 Å². The number of cyclic esters (lactones) is 2. The maximum Gasteiger partial charge on any atom is 0.360 e. The highest BCUT2D eigenvalue weighted by molar-refractivity contribution is 5.87. The lowest BCUT2D eigenvalue weighted by molar-refractivity contribution is -0.0462. The Morgan fingerprint density at radius 2 is 1.14 bits per heavy atom. The second kappa shape index (κ2) is 20.7. The lowest BCUT2D eigenvalue weighted by atomic mass is 9.78. The quantitative estimate of drug-likeness (QED) is 0.138. The van der Waals surface area contributed by atoms with Gasteiger partial charge in [0.25, 0.3) is 0 Å². The van der Waals surface area contributed by atoms with Crippen LogP contribution in [0.4, 0.5) is 0 Å². The summed E-state index contributed by atoms with van der Waals surface area (Å²) in [5.41, 5.74) is 3.99. The molecule has 0 radical (unpaired) electrons. The van der Waals surface area contributed by atoms with Gasteiger partial charge in [-0.2, -0.15) is 0 Å². The van der Waals surface area contributed by atoms with Crippen molar-refractivity contribution in [3.63, 3.8) is 0 Å². The van der Waals surface area contributed by atoms with Gasteiger partial charge in [0.2, 0.25) is 11.8 Å². The van der Waals surface area contributed by atoms with Crippen molar-refractivity contribution in [1.29, 1.82) is 0 Å². The molecule has 0 saturated heterocycles. The Balaban J connectivity index is 1.35. The van der Waals surface area contributed by atoms with Crippen molar-refractivity contribution in [1.82, 2.24) is 9.97 Å². The normalized spacial score (nSPS) is 29.2. The standard InChI is InChI=1S/C46H59N3O9/c1-45(2,37(51)19-9-11-25-47)39-21-13-17-33-27-31(33)15-5-8-24-42-49-36(30-56-42)44(54)58-40(46(3,4)38(52)20-10-12-26-50)22-14-18-34-28-32(34)16-6-7-23-41-48-35(29-55-41)43(53)57-39/h5-10,13-20,23-24,29-34,37-40,50-52H,11-12,21-22,25-28,47H2,1-4H3/b15-5+,16-6+,17-13-,18-14-,19-9+,20-10+,23-7-,24-8-/t31-,32+,33+,34?,37+,38+,39+,40+/m1/s1. The molecular formula is C46H59N3O9. The Bertz CT molecular complexity index is 1770. The van der Waals surface area contributed by atoms with Crippen LogP contribution in [0.5, 0.6) is 0 Å². The maximum absolute atomic E-state index is 13.4. The SMILES string of the molecule is CC(C)([C@@H]1C/C=C\[C@H]2C[C@H]2/C=C/C=C\c2nc(co2)C(=O)O[C@H](C(C)(C)[C@@H](O)/C=C/CCO)C/C=C\C2C[C@@H]2/C=C/C=C\c2nc(co2)C(=O)O1)[C@@H](O)/C=C/CCN.